The Morgan fingerprint density at radius 2 is 1.50 bits per heavy atom. The van der Waals surface area contributed by atoms with Crippen molar-refractivity contribution in [2.75, 3.05) is 6.61 Å². The van der Waals surface area contributed by atoms with Crippen LogP contribution in [0.3, 0.4) is 0 Å². The van der Waals surface area contributed by atoms with Crippen molar-refractivity contribution in [1.29, 1.82) is 0 Å². The third kappa shape index (κ3) is 7.29. The van der Waals surface area contributed by atoms with Crippen molar-refractivity contribution in [3.8, 4) is 11.1 Å². The standard InChI is InChI=1S/C23H26N2O7/c1-14(27)22(19(28)13-26)25-23(32)18(12-21(30)31)24-20(29)11-15-7-9-17(10-8-15)16-5-3-2-4-6-16/h2-10,14,18,22,26-27H,11-13H2,1H3,(H,24,29)(H,25,32)(H,30,31)/t14-,18+,22+/m1/s1. The van der Waals surface area contributed by atoms with E-state index in [9.17, 15) is 24.3 Å². The van der Waals surface area contributed by atoms with Crippen molar-refractivity contribution >= 4 is 23.6 Å². The van der Waals surface area contributed by atoms with E-state index in [0.29, 0.717) is 5.56 Å². The molecule has 0 heterocycles. The molecule has 32 heavy (non-hydrogen) atoms. The van der Waals surface area contributed by atoms with Gasteiger partial charge < -0.3 is 26.0 Å². The lowest BCUT2D eigenvalue weighted by Crippen LogP contribution is -2.55. The maximum absolute atomic E-state index is 12.5. The fourth-order valence-corrected chi connectivity index (χ4v) is 3.08. The van der Waals surface area contributed by atoms with Gasteiger partial charge in [-0.05, 0) is 23.6 Å². The smallest absolute Gasteiger partial charge is 0.305 e. The van der Waals surface area contributed by atoms with Crippen LogP contribution in [0, 0.1) is 0 Å². The van der Waals surface area contributed by atoms with Gasteiger partial charge in [0.15, 0.2) is 5.78 Å². The lowest BCUT2D eigenvalue weighted by Gasteiger charge is -2.23. The van der Waals surface area contributed by atoms with E-state index in [1.165, 1.54) is 6.92 Å². The molecule has 2 rings (SSSR count). The van der Waals surface area contributed by atoms with Crippen molar-refractivity contribution in [2.24, 2.45) is 0 Å². The number of ketones is 1. The van der Waals surface area contributed by atoms with Crippen molar-refractivity contribution in [1.82, 2.24) is 10.6 Å². The van der Waals surface area contributed by atoms with Crippen molar-refractivity contribution < 1.29 is 34.5 Å². The molecule has 0 aliphatic heterocycles. The highest BCUT2D eigenvalue weighted by molar-refractivity contribution is 5.95. The molecule has 9 heteroatoms. The molecular formula is C23H26N2O7. The number of carboxylic acid groups (broad SMARTS) is 1. The van der Waals surface area contributed by atoms with E-state index in [1.807, 2.05) is 42.5 Å². The second kappa shape index (κ2) is 11.7. The van der Waals surface area contributed by atoms with Crippen LogP contribution in [0.1, 0.15) is 18.9 Å². The number of carboxylic acids is 1. The first kappa shape index (κ1) is 24.7. The van der Waals surface area contributed by atoms with E-state index in [0.717, 1.165) is 11.1 Å². The Hall–Kier alpha value is -3.56. The van der Waals surface area contributed by atoms with E-state index >= 15 is 0 Å². The zero-order valence-corrected chi connectivity index (χ0v) is 17.5. The van der Waals surface area contributed by atoms with Crippen molar-refractivity contribution in [2.45, 2.75) is 38.0 Å². The summed E-state index contributed by atoms with van der Waals surface area (Å²) in [7, 11) is 0. The Morgan fingerprint density at radius 3 is 2.03 bits per heavy atom. The van der Waals surface area contributed by atoms with Crippen LogP contribution >= 0.6 is 0 Å². The summed E-state index contributed by atoms with van der Waals surface area (Å²) in [6, 6.07) is 14.0. The minimum absolute atomic E-state index is 0.0894. The van der Waals surface area contributed by atoms with E-state index in [-0.39, 0.29) is 6.42 Å². The normalized spacial score (nSPS) is 13.5. The van der Waals surface area contributed by atoms with Crippen LogP contribution in [-0.4, -0.2) is 63.7 Å². The quantitative estimate of drug-likeness (QED) is 0.335. The molecule has 0 fully saturated rings. The monoisotopic (exact) mass is 442 g/mol. The summed E-state index contributed by atoms with van der Waals surface area (Å²) < 4.78 is 0. The minimum Gasteiger partial charge on any atom is -0.481 e. The van der Waals surface area contributed by atoms with Gasteiger partial charge in [-0.15, -0.1) is 0 Å². The molecule has 0 saturated heterocycles. The molecule has 2 aromatic carbocycles. The number of carbonyl (C=O) groups excluding carboxylic acids is 3. The number of Topliss-reactive ketones (excluding diaryl/α,β-unsaturated/α-hetero) is 1. The largest absolute Gasteiger partial charge is 0.481 e. The first-order chi connectivity index (χ1) is 15.2. The molecule has 2 aromatic rings. The van der Waals surface area contributed by atoms with Crippen LogP contribution < -0.4 is 10.6 Å². The van der Waals surface area contributed by atoms with Crippen LogP contribution in [0.4, 0.5) is 0 Å². The summed E-state index contributed by atoms with van der Waals surface area (Å²) in [5, 5.41) is 32.3. The zero-order chi connectivity index (χ0) is 23.7. The van der Waals surface area contributed by atoms with E-state index in [1.54, 1.807) is 12.1 Å². The highest BCUT2D eigenvalue weighted by Crippen LogP contribution is 2.19. The number of carbonyl (C=O) groups is 4. The van der Waals surface area contributed by atoms with Crippen molar-refractivity contribution in [3.63, 3.8) is 0 Å². The number of aliphatic hydroxyl groups is 2. The first-order valence-electron chi connectivity index (χ1n) is 9.98. The third-order valence-electron chi connectivity index (χ3n) is 4.74. The number of amides is 2. The van der Waals surface area contributed by atoms with Gasteiger partial charge in [-0.1, -0.05) is 54.6 Å². The minimum atomic E-state index is -1.46. The molecule has 3 atom stereocenters. The Balaban J connectivity index is 2.05. The van der Waals surface area contributed by atoms with Gasteiger partial charge in [0.2, 0.25) is 11.8 Å². The van der Waals surface area contributed by atoms with Gasteiger partial charge in [0, 0.05) is 0 Å². The molecule has 5 N–H and O–H groups in total. The molecule has 0 unspecified atom stereocenters. The third-order valence-corrected chi connectivity index (χ3v) is 4.74. The van der Waals surface area contributed by atoms with Gasteiger partial charge in [0.05, 0.1) is 18.9 Å². The summed E-state index contributed by atoms with van der Waals surface area (Å²) in [6.07, 6.45) is -2.12. The SMILES string of the molecule is C[C@@H](O)[C@H](NC(=O)[C@H](CC(=O)O)NC(=O)Cc1ccc(-c2ccccc2)cc1)C(=O)CO. The Labute approximate surface area is 185 Å². The van der Waals surface area contributed by atoms with E-state index in [4.69, 9.17) is 10.2 Å². The topological polar surface area (TPSA) is 153 Å². The molecule has 9 nitrogen and oxygen atoms in total. The summed E-state index contributed by atoms with van der Waals surface area (Å²) >= 11 is 0. The summed E-state index contributed by atoms with van der Waals surface area (Å²) in [4.78, 5) is 47.7. The number of aliphatic carboxylic acids is 1. The number of benzene rings is 2. The Kier molecular flexibility index (Phi) is 9.06. The second-order valence-electron chi connectivity index (χ2n) is 7.31. The summed E-state index contributed by atoms with van der Waals surface area (Å²) in [6.45, 7) is 0.327. The molecule has 170 valence electrons. The average molecular weight is 442 g/mol. The van der Waals surface area contributed by atoms with E-state index < -0.39 is 54.8 Å². The first-order valence-corrected chi connectivity index (χ1v) is 9.98. The lowest BCUT2D eigenvalue weighted by molar-refractivity contribution is -0.141. The van der Waals surface area contributed by atoms with Crippen LogP contribution in [0.5, 0.6) is 0 Å². The second-order valence-corrected chi connectivity index (χ2v) is 7.31. The van der Waals surface area contributed by atoms with Gasteiger partial charge in [-0.2, -0.15) is 0 Å². The molecular weight excluding hydrogens is 416 g/mol. The molecule has 0 saturated carbocycles. The van der Waals surface area contributed by atoms with Gasteiger partial charge in [0.25, 0.3) is 0 Å². The van der Waals surface area contributed by atoms with Crippen molar-refractivity contribution in [3.05, 3.63) is 60.2 Å². The molecule has 0 aliphatic rings. The maximum atomic E-state index is 12.5. The summed E-state index contributed by atoms with van der Waals surface area (Å²) in [5.74, 6) is -3.71. The molecule has 0 spiro atoms. The maximum Gasteiger partial charge on any atom is 0.305 e. The number of hydrogen-bond acceptors (Lipinski definition) is 6. The zero-order valence-electron chi connectivity index (χ0n) is 17.5. The number of rotatable bonds is 11. The summed E-state index contributed by atoms with van der Waals surface area (Å²) in [5.41, 5.74) is 2.65. The molecule has 0 aromatic heterocycles. The van der Waals surface area contributed by atoms with Gasteiger partial charge in [0.1, 0.15) is 18.7 Å². The van der Waals surface area contributed by atoms with E-state index in [2.05, 4.69) is 10.6 Å². The lowest BCUT2D eigenvalue weighted by atomic mass is 10.0. The number of nitrogens with one attached hydrogen (secondary N) is 2. The number of aliphatic hydroxyl groups excluding tert-OH is 2. The van der Waals surface area contributed by atoms with Crippen LogP contribution in [0.2, 0.25) is 0 Å². The fourth-order valence-electron chi connectivity index (χ4n) is 3.08. The van der Waals surface area contributed by atoms with Gasteiger partial charge in [-0.3, -0.25) is 19.2 Å². The highest BCUT2D eigenvalue weighted by atomic mass is 16.4. The Morgan fingerprint density at radius 1 is 0.906 bits per heavy atom. The highest BCUT2D eigenvalue weighted by Gasteiger charge is 2.30. The van der Waals surface area contributed by atoms with Crippen LogP contribution in [0.15, 0.2) is 54.6 Å². The Bertz CT molecular complexity index is 943. The average Bonchev–Trinajstić information content (AvgIpc) is 2.76. The predicted molar refractivity (Wildman–Crippen MR) is 115 cm³/mol. The predicted octanol–water partition coefficient (Wildman–Crippen LogP) is 0.283. The van der Waals surface area contributed by atoms with Gasteiger partial charge >= 0.3 is 5.97 Å². The molecule has 0 aliphatic carbocycles. The molecule has 0 bridgehead atoms. The fraction of sp³-hybridized carbons (Fsp3) is 0.304. The number of hydrogen-bond donors (Lipinski definition) is 5. The van der Waals surface area contributed by atoms with Crippen LogP contribution in [-0.2, 0) is 25.6 Å². The molecule has 2 amide bonds. The molecule has 0 radical (unpaired) electrons. The van der Waals surface area contributed by atoms with Gasteiger partial charge in [-0.25, -0.2) is 0 Å². The van der Waals surface area contributed by atoms with Crippen LogP contribution in [0.25, 0.3) is 11.1 Å².